The highest BCUT2D eigenvalue weighted by Crippen LogP contribution is 2.15. The molecule has 24 heavy (non-hydrogen) atoms. The summed E-state index contributed by atoms with van der Waals surface area (Å²) in [6.45, 7) is 0. The minimum absolute atomic E-state index is 0.00390. The van der Waals surface area contributed by atoms with Crippen molar-refractivity contribution in [2.24, 2.45) is 0 Å². The molecule has 126 valence electrons. The Labute approximate surface area is 136 Å². The van der Waals surface area contributed by atoms with Gasteiger partial charge in [-0.15, -0.1) is 0 Å². The topological polar surface area (TPSA) is 75.6 Å². The zero-order chi connectivity index (χ0) is 17.7. The van der Waals surface area contributed by atoms with Crippen LogP contribution in [-0.4, -0.2) is 30.1 Å². The average molecular weight is 335 g/mol. The first-order chi connectivity index (χ1) is 11.4. The lowest BCUT2D eigenvalue weighted by atomic mass is 10.0. The zero-order valence-corrected chi connectivity index (χ0v) is 12.8. The third-order valence-corrected chi connectivity index (χ3v) is 3.30. The first-order valence-corrected chi connectivity index (χ1v) is 7.01. The lowest BCUT2D eigenvalue weighted by Crippen LogP contribution is -2.42. The van der Waals surface area contributed by atoms with E-state index in [1.165, 1.54) is 7.11 Å². The van der Waals surface area contributed by atoms with Gasteiger partial charge in [-0.05, 0) is 29.8 Å². The molecule has 7 heteroatoms. The molecule has 0 aromatic heterocycles. The number of nitrogens with one attached hydrogen (secondary N) is 1. The number of carboxylic acids is 1. The van der Waals surface area contributed by atoms with Crippen LogP contribution in [0.4, 0.5) is 8.78 Å². The highest BCUT2D eigenvalue weighted by atomic mass is 19.1. The molecule has 0 heterocycles. The molecule has 5 nitrogen and oxygen atoms in total. The highest BCUT2D eigenvalue weighted by Gasteiger charge is 2.22. The molecule has 0 spiro atoms. The van der Waals surface area contributed by atoms with Crippen LogP contribution in [0.1, 0.15) is 15.9 Å². The Kier molecular flexibility index (Phi) is 5.47. The molecular weight excluding hydrogens is 320 g/mol. The lowest BCUT2D eigenvalue weighted by Gasteiger charge is -2.15. The van der Waals surface area contributed by atoms with Crippen LogP contribution >= 0.6 is 0 Å². The molecule has 0 saturated heterocycles. The molecule has 2 N–H and O–H groups in total. The van der Waals surface area contributed by atoms with E-state index >= 15 is 0 Å². The summed E-state index contributed by atoms with van der Waals surface area (Å²) in [7, 11) is 1.48. The quantitative estimate of drug-likeness (QED) is 0.850. The third-order valence-electron chi connectivity index (χ3n) is 3.30. The Balaban J connectivity index is 2.15. The van der Waals surface area contributed by atoms with E-state index in [1.54, 1.807) is 24.3 Å². The van der Waals surface area contributed by atoms with Gasteiger partial charge < -0.3 is 15.2 Å². The largest absolute Gasteiger partial charge is 0.497 e. The summed E-state index contributed by atoms with van der Waals surface area (Å²) in [4.78, 5) is 23.4. The first-order valence-electron chi connectivity index (χ1n) is 7.01. The van der Waals surface area contributed by atoms with E-state index in [1.807, 2.05) is 0 Å². The fourth-order valence-electron chi connectivity index (χ4n) is 2.16. The maximum Gasteiger partial charge on any atom is 0.326 e. The van der Waals surface area contributed by atoms with Gasteiger partial charge in [0.05, 0.1) is 7.11 Å². The Hall–Kier alpha value is -2.96. The number of carbonyl (C=O) groups excluding carboxylic acids is 1. The molecular formula is C17H15F2NO4. The predicted molar refractivity (Wildman–Crippen MR) is 81.9 cm³/mol. The van der Waals surface area contributed by atoms with Gasteiger partial charge in [0.2, 0.25) is 0 Å². The van der Waals surface area contributed by atoms with Crippen LogP contribution < -0.4 is 10.1 Å². The minimum Gasteiger partial charge on any atom is -0.497 e. The summed E-state index contributed by atoms with van der Waals surface area (Å²) >= 11 is 0. The van der Waals surface area contributed by atoms with Crippen molar-refractivity contribution in [2.45, 2.75) is 12.5 Å². The zero-order valence-electron chi connectivity index (χ0n) is 12.8. The number of halogens is 2. The Morgan fingerprint density at radius 3 is 2.42 bits per heavy atom. The summed E-state index contributed by atoms with van der Waals surface area (Å²) in [6.07, 6.45) is -0.00390. The van der Waals surface area contributed by atoms with E-state index in [0.717, 1.165) is 12.1 Å². The van der Waals surface area contributed by atoms with Gasteiger partial charge in [-0.2, -0.15) is 0 Å². The number of rotatable bonds is 6. The number of hydrogen-bond donors (Lipinski definition) is 2. The van der Waals surface area contributed by atoms with Crippen molar-refractivity contribution in [2.75, 3.05) is 7.11 Å². The summed E-state index contributed by atoms with van der Waals surface area (Å²) in [5.74, 6) is -3.42. The first kappa shape index (κ1) is 17.4. The molecule has 0 fully saturated rings. The maximum atomic E-state index is 13.2. The maximum absolute atomic E-state index is 13.2. The van der Waals surface area contributed by atoms with Crippen LogP contribution in [-0.2, 0) is 11.2 Å². The fourth-order valence-corrected chi connectivity index (χ4v) is 2.16. The molecule has 0 radical (unpaired) electrons. The number of amides is 1. The van der Waals surface area contributed by atoms with Crippen LogP contribution in [0.15, 0.2) is 42.5 Å². The molecule has 0 unspecified atom stereocenters. The van der Waals surface area contributed by atoms with Crippen LogP contribution in [0.2, 0.25) is 0 Å². The summed E-state index contributed by atoms with van der Waals surface area (Å²) in [6, 6.07) is 7.77. The van der Waals surface area contributed by atoms with Gasteiger partial charge >= 0.3 is 5.97 Å². The minimum atomic E-state index is -1.26. The molecule has 0 aliphatic rings. The molecule has 0 aliphatic carbocycles. The molecule has 2 rings (SSSR count). The summed E-state index contributed by atoms with van der Waals surface area (Å²) in [5, 5.41) is 11.5. The molecule has 1 amide bonds. The van der Waals surface area contributed by atoms with Crippen LogP contribution in [0.25, 0.3) is 0 Å². The van der Waals surface area contributed by atoms with E-state index in [2.05, 4.69) is 5.32 Å². The Bertz CT molecular complexity index is 744. The van der Waals surface area contributed by atoms with Crippen molar-refractivity contribution in [3.63, 3.8) is 0 Å². The number of ether oxygens (including phenoxy) is 1. The number of carboxylic acid groups (broad SMARTS) is 1. The van der Waals surface area contributed by atoms with Crippen LogP contribution in [0.5, 0.6) is 5.75 Å². The van der Waals surface area contributed by atoms with E-state index in [-0.39, 0.29) is 12.0 Å². The van der Waals surface area contributed by atoms with Gasteiger partial charge in [0.25, 0.3) is 5.91 Å². The van der Waals surface area contributed by atoms with Gasteiger partial charge in [0.15, 0.2) is 0 Å². The van der Waals surface area contributed by atoms with Crippen molar-refractivity contribution >= 4 is 11.9 Å². The highest BCUT2D eigenvalue weighted by molar-refractivity contribution is 5.96. The van der Waals surface area contributed by atoms with Gasteiger partial charge in [0.1, 0.15) is 23.4 Å². The van der Waals surface area contributed by atoms with E-state index in [0.29, 0.717) is 17.4 Å². The summed E-state index contributed by atoms with van der Waals surface area (Å²) in [5.41, 5.74) is 0.344. The lowest BCUT2D eigenvalue weighted by molar-refractivity contribution is -0.139. The second kappa shape index (κ2) is 7.54. The SMILES string of the molecule is COc1cccc(C[C@@H](NC(=O)c2cc(F)cc(F)c2)C(=O)O)c1. The summed E-state index contributed by atoms with van der Waals surface area (Å²) < 4.78 is 31.4. The number of methoxy groups -OCH3 is 1. The predicted octanol–water partition coefficient (Wildman–Crippen LogP) is 2.40. The van der Waals surface area contributed by atoms with Gasteiger partial charge in [0, 0.05) is 18.1 Å². The van der Waals surface area contributed by atoms with Crippen LogP contribution in [0, 0.1) is 11.6 Å². The molecule has 0 aliphatic heterocycles. The number of hydrogen-bond acceptors (Lipinski definition) is 3. The number of benzene rings is 2. The smallest absolute Gasteiger partial charge is 0.326 e. The molecule has 2 aromatic rings. The van der Waals surface area contributed by atoms with Crippen molar-refractivity contribution < 1.29 is 28.2 Å². The van der Waals surface area contributed by atoms with Gasteiger partial charge in [-0.1, -0.05) is 12.1 Å². The van der Waals surface area contributed by atoms with Crippen molar-refractivity contribution in [1.29, 1.82) is 0 Å². The third kappa shape index (κ3) is 4.52. The van der Waals surface area contributed by atoms with Crippen LogP contribution in [0.3, 0.4) is 0 Å². The van der Waals surface area contributed by atoms with E-state index in [9.17, 15) is 23.5 Å². The molecule has 0 saturated carbocycles. The molecule has 0 bridgehead atoms. The Morgan fingerprint density at radius 2 is 1.83 bits per heavy atom. The fraction of sp³-hybridized carbons (Fsp3) is 0.176. The van der Waals surface area contributed by atoms with E-state index in [4.69, 9.17) is 4.74 Å². The van der Waals surface area contributed by atoms with Crippen molar-refractivity contribution in [3.8, 4) is 5.75 Å². The monoisotopic (exact) mass is 335 g/mol. The van der Waals surface area contributed by atoms with Crippen molar-refractivity contribution in [3.05, 3.63) is 65.2 Å². The van der Waals surface area contributed by atoms with E-state index < -0.39 is 29.6 Å². The number of aliphatic carboxylic acids is 1. The van der Waals surface area contributed by atoms with Crippen molar-refractivity contribution in [1.82, 2.24) is 5.32 Å². The molecule has 2 aromatic carbocycles. The van der Waals surface area contributed by atoms with Gasteiger partial charge in [-0.25, -0.2) is 13.6 Å². The molecule has 1 atom stereocenters. The average Bonchev–Trinajstić information content (AvgIpc) is 2.53. The normalized spacial score (nSPS) is 11.6. The van der Waals surface area contributed by atoms with Gasteiger partial charge in [-0.3, -0.25) is 4.79 Å². The standard InChI is InChI=1S/C17H15F2NO4/c1-24-14-4-2-3-10(5-14)6-15(17(22)23)20-16(21)11-7-12(18)9-13(19)8-11/h2-5,7-9,15H,6H2,1H3,(H,20,21)(H,22,23)/t15-/m1/s1. The Morgan fingerprint density at radius 1 is 1.17 bits per heavy atom. The second-order valence-corrected chi connectivity index (χ2v) is 5.08. The number of carbonyl (C=O) groups is 2. The second-order valence-electron chi connectivity index (χ2n) is 5.08.